The number of halogens is 2. The van der Waals surface area contributed by atoms with Crippen LogP contribution < -0.4 is 10.5 Å². The minimum atomic E-state index is -0.521. The van der Waals surface area contributed by atoms with E-state index in [1.165, 1.54) is 12.1 Å². The van der Waals surface area contributed by atoms with E-state index in [4.69, 9.17) is 26.8 Å². The molecule has 0 radical (unpaired) electrons. The third kappa shape index (κ3) is 3.79. The second-order valence-corrected chi connectivity index (χ2v) is 5.70. The van der Waals surface area contributed by atoms with Crippen molar-refractivity contribution in [3.8, 4) is 11.5 Å². The summed E-state index contributed by atoms with van der Waals surface area (Å²) in [6.07, 6.45) is 0. The second kappa shape index (κ2) is 7.00. The van der Waals surface area contributed by atoms with Crippen LogP contribution in [0.1, 0.15) is 17.3 Å². The van der Waals surface area contributed by atoms with E-state index in [9.17, 15) is 4.79 Å². The third-order valence-electron chi connectivity index (χ3n) is 2.61. The van der Waals surface area contributed by atoms with Gasteiger partial charge in [-0.3, -0.25) is 0 Å². The lowest BCUT2D eigenvalue weighted by molar-refractivity contribution is 0.0523. The zero-order chi connectivity index (χ0) is 15.4. The maximum Gasteiger partial charge on any atom is 0.342 e. The van der Waals surface area contributed by atoms with E-state index in [1.807, 2.05) is 18.2 Å². The average Bonchev–Trinajstić information content (AvgIpc) is 2.43. The Labute approximate surface area is 141 Å². The zero-order valence-corrected chi connectivity index (χ0v) is 14.1. The molecule has 4 nitrogen and oxygen atoms in total. The summed E-state index contributed by atoms with van der Waals surface area (Å²) in [6.45, 7) is 1.99. The van der Waals surface area contributed by atoms with Crippen molar-refractivity contribution >= 4 is 45.8 Å². The van der Waals surface area contributed by atoms with Gasteiger partial charge in [0.25, 0.3) is 0 Å². The molecule has 0 bridgehead atoms. The summed E-state index contributed by atoms with van der Waals surface area (Å²) in [4.78, 5) is 12.0. The van der Waals surface area contributed by atoms with Gasteiger partial charge in [0.05, 0.1) is 15.2 Å². The number of carbonyl (C=O) groups excluding carboxylic acids is 1. The van der Waals surface area contributed by atoms with Gasteiger partial charge >= 0.3 is 5.97 Å². The lowest BCUT2D eigenvalue weighted by Gasteiger charge is -2.14. The molecule has 2 N–H and O–H groups in total. The second-order valence-electron chi connectivity index (χ2n) is 4.13. The average molecular weight is 418 g/mol. The largest absolute Gasteiger partial charge is 0.462 e. The predicted molar refractivity (Wildman–Crippen MR) is 91.1 cm³/mol. The zero-order valence-electron chi connectivity index (χ0n) is 11.2. The molecule has 0 aromatic heterocycles. The minimum absolute atomic E-state index is 0.210. The number of para-hydroxylation sites is 1. The molecule has 0 aliphatic carbocycles. The van der Waals surface area contributed by atoms with Crippen LogP contribution in [0.4, 0.5) is 5.69 Å². The number of anilines is 1. The molecule has 2 aromatic carbocycles. The topological polar surface area (TPSA) is 61.5 Å². The standard InChI is InChI=1S/C15H13ClINO3/c1-2-20-15(19)10-7-9(18)8-11(16)14(10)21-13-6-4-3-5-12(13)17/h3-8H,2,18H2,1H3. The molecule has 0 atom stereocenters. The Morgan fingerprint density at radius 1 is 1.33 bits per heavy atom. The number of nitrogens with two attached hydrogens (primary N) is 1. The molecule has 0 aliphatic heterocycles. The van der Waals surface area contributed by atoms with E-state index in [0.717, 1.165) is 3.57 Å². The molecular weight excluding hydrogens is 405 g/mol. The van der Waals surface area contributed by atoms with Crippen molar-refractivity contribution in [2.45, 2.75) is 6.92 Å². The quantitative estimate of drug-likeness (QED) is 0.452. The highest BCUT2D eigenvalue weighted by molar-refractivity contribution is 14.1. The lowest BCUT2D eigenvalue weighted by Crippen LogP contribution is -2.08. The fraction of sp³-hybridized carbons (Fsp3) is 0.133. The summed E-state index contributed by atoms with van der Waals surface area (Å²) in [5.74, 6) is 0.330. The predicted octanol–water partition coefficient (Wildman–Crippen LogP) is 4.50. The van der Waals surface area contributed by atoms with E-state index in [1.54, 1.807) is 13.0 Å². The first-order chi connectivity index (χ1) is 10.0. The number of ether oxygens (including phenoxy) is 2. The summed E-state index contributed by atoms with van der Waals surface area (Å²) in [5, 5.41) is 0.262. The van der Waals surface area contributed by atoms with Crippen molar-refractivity contribution < 1.29 is 14.3 Å². The van der Waals surface area contributed by atoms with Crippen molar-refractivity contribution in [1.82, 2.24) is 0 Å². The van der Waals surface area contributed by atoms with Gasteiger partial charge in [0.2, 0.25) is 0 Å². The molecule has 21 heavy (non-hydrogen) atoms. The van der Waals surface area contributed by atoms with Crippen molar-refractivity contribution in [3.05, 3.63) is 50.6 Å². The Morgan fingerprint density at radius 3 is 2.71 bits per heavy atom. The molecule has 2 rings (SSSR count). The van der Waals surface area contributed by atoms with E-state index in [0.29, 0.717) is 11.4 Å². The summed E-state index contributed by atoms with van der Waals surface area (Å²) < 4.78 is 11.7. The van der Waals surface area contributed by atoms with Crippen LogP contribution >= 0.6 is 34.2 Å². The molecule has 0 unspecified atom stereocenters. The maximum atomic E-state index is 12.0. The fourth-order valence-electron chi connectivity index (χ4n) is 1.72. The highest BCUT2D eigenvalue weighted by Gasteiger charge is 2.19. The Hall–Kier alpha value is -1.47. The fourth-order valence-corrected chi connectivity index (χ4v) is 2.48. The summed E-state index contributed by atoms with van der Waals surface area (Å²) in [7, 11) is 0. The van der Waals surface area contributed by atoms with E-state index < -0.39 is 5.97 Å². The van der Waals surface area contributed by atoms with Crippen molar-refractivity contribution in [3.63, 3.8) is 0 Å². The van der Waals surface area contributed by atoms with E-state index in [-0.39, 0.29) is 22.9 Å². The van der Waals surface area contributed by atoms with Gasteiger partial charge in [-0.1, -0.05) is 23.7 Å². The van der Waals surface area contributed by atoms with Crippen LogP contribution in [0.25, 0.3) is 0 Å². The minimum Gasteiger partial charge on any atom is -0.462 e. The Balaban J connectivity index is 2.47. The van der Waals surface area contributed by atoms with Crippen LogP contribution in [-0.2, 0) is 4.74 Å². The van der Waals surface area contributed by atoms with Crippen molar-refractivity contribution in [1.29, 1.82) is 0 Å². The Kier molecular flexibility index (Phi) is 5.30. The number of benzene rings is 2. The van der Waals surface area contributed by atoms with Gasteiger partial charge in [-0.05, 0) is 53.8 Å². The molecule has 6 heteroatoms. The molecule has 0 saturated carbocycles. The van der Waals surface area contributed by atoms with Crippen LogP contribution in [0, 0.1) is 3.57 Å². The smallest absolute Gasteiger partial charge is 0.342 e. The van der Waals surface area contributed by atoms with Crippen LogP contribution in [0.3, 0.4) is 0 Å². The molecule has 0 amide bonds. The molecule has 0 fully saturated rings. The summed E-state index contributed by atoms with van der Waals surface area (Å²) >= 11 is 8.31. The summed E-state index contributed by atoms with van der Waals surface area (Å²) in [5.41, 5.74) is 6.32. The maximum absolute atomic E-state index is 12.0. The molecule has 0 spiro atoms. The Morgan fingerprint density at radius 2 is 2.05 bits per heavy atom. The van der Waals surface area contributed by atoms with Gasteiger partial charge in [-0.25, -0.2) is 4.79 Å². The van der Waals surface area contributed by atoms with Crippen LogP contribution in [0.15, 0.2) is 36.4 Å². The van der Waals surface area contributed by atoms with Gasteiger partial charge in [0.1, 0.15) is 11.3 Å². The van der Waals surface area contributed by atoms with Gasteiger partial charge in [0, 0.05) is 5.69 Å². The van der Waals surface area contributed by atoms with Gasteiger partial charge in [-0.2, -0.15) is 0 Å². The van der Waals surface area contributed by atoms with E-state index in [2.05, 4.69) is 22.6 Å². The van der Waals surface area contributed by atoms with Gasteiger partial charge in [-0.15, -0.1) is 0 Å². The van der Waals surface area contributed by atoms with E-state index >= 15 is 0 Å². The van der Waals surface area contributed by atoms with Crippen molar-refractivity contribution in [2.75, 3.05) is 12.3 Å². The third-order valence-corrected chi connectivity index (χ3v) is 3.78. The number of hydrogen-bond donors (Lipinski definition) is 1. The number of hydrogen-bond acceptors (Lipinski definition) is 4. The summed E-state index contributed by atoms with van der Waals surface area (Å²) in [6, 6.07) is 10.5. The number of carbonyl (C=O) groups is 1. The monoisotopic (exact) mass is 417 g/mol. The lowest BCUT2D eigenvalue weighted by atomic mass is 10.1. The van der Waals surface area contributed by atoms with Crippen LogP contribution in [0.2, 0.25) is 5.02 Å². The molecule has 0 heterocycles. The molecular formula is C15H13ClINO3. The first-order valence-corrected chi connectivity index (χ1v) is 7.67. The first-order valence-electron chi connectivity index (χ1n) is 6.21. The number of rotatable bonds is 4. The highest BCUT2D eigenvalue weighted by Crippen LogP contribution is 2.36. The van der Waals surface area contributed by atoms with Gasteiger partial charge in [0.15, 0.2) is 5.75 Å². The Bertz CT molecular complexity index is 676. The van der Waals surface area contributed by atoms with Gasteiger partial charge < -0.3 is 15.2 Å². The number of esters is 1. The number of nitrogen functional groups attached to an aromatic ring is 1. The molecule has 0 aliphatic rings. The molecule has 0 saturated heterocycles. The molecule has 110 valence electrons. The SMILES string of the molecule is CCOC(=O)c1cc(N)cc(Cl)c1Oc1ccccc1I. The van der Waals surface area contributed by atoms with Crippen LogP contribution in [0.5, 0.6) is 11.5 Å². The highest BCUT2D eigenvalue weighted by atomic mass is 127. The van der Waals surface area contributed by atoms with Crippen LogP contribution in [-0.4, -0.2) is 12.6 Å². The molecule has 2 aromatic rings. The first kappa shape index (κ1) is 15.9. The van der Waals surface area contributed by atoms with Crippen molar-refractivity contribution in [2.24, 2.45) is 0 Å². The normalized spacial score (nSPS) is 10.2.